The van der Waals surface area contributed by atoms with E-state index in [1.165, 1.54) is 0 Å². The highest BCUT2D eigenvalue weighted by Gasteiger charge is 2.37. The molecule has 0 radical (unpaired) electrons. The van der Waals surface area contributed by atoms with Crippen LogP contribution in [0.4, 0.5) is 0 Å². The Balaban J connectivity index is 2.12. The third kappa shape index (κ3) is 2.79. The minimum atomic E-state index is -0.843. The first-order chi connectivity index (χ1) is 10.1. The maximum atomic E-state index is 12.4. The molecule has 21 heavy (non-hydrogen) atoms. The Bertz CT molecular complexity index is 528. The van der Waals surface area contributed by atoms with Gasteiger partial charge in [-0.15, -0.1) is 0 Å². The molecule has 0 fully saturated rings. The molecule has 114 valence electrons. The van der Waals surface area contributed by atoms with Crippen molar-refractivity contribution in [1.82, 2.24) is 5.32 Å². The number of para-hydroxylation sites is 1. The lowest BCUT2D eigenvalue weighted by molar-refractivity contribution is -0.128. The van der Waals surface area contributed by atoms with Crippen LogP contribution >= 0.6 is 0 Å². The Kier molecular flexibility index (Phi) is 4.35. The van der Waals surface area contributed by atoms with Crippen LogP contribution in [-0.4, -0.2) is 28.6 Å². The summed E-state index contributed by atoms with van der Waals surface area (Å²) in [7, 11) is 0. The second-order valence-electron chi connectivity index (χ2n) is 5.18. The highest BCUT2D eigenvalue weighted by Crippen LogP contribution is 2.28. The smallest absolute Gasteiger partial charge is 0.262 e. The number of amides is 1. The van der Waals surface area contributed by atoms with E-state index in [1.807, 2.05) is 38.1 Å². The fourth-order valence-corrected chi connectivity index (χ4v) is 2.59. The van der Waals surface area contributed by atoms with E-state index in [2.05, 4.69) is 10.5 Å². The van der Waals surface area contributed by atoms with Crippen LogP contribution in [0.15, 0.2) is 29.4 Å². The molecule has 0 saturated carbocycles. The highest BCUT2D eigenvalue weighted by atomic mass is 16.5. The van der Waals surface area contributed by atoms with E-state index in [4.69, 9.17) is 15.7 Å². The molecule has 1 aliphatic rings. The van der Waals surface area contributed by atoms with Gasteiger partial charge < -0.3 is 21.0 Å². The van der Waals surface area contributed by atoms with E-state index in [1.54, 1.807) is 0 Å². The van der Waals surface area contributed by atoms with Crippen LogP contribution in [0.1, 0.15) is 32.3 Å². The number of benzene rings is 1. The summed E-state index contributed by atoms with van der Waals surface area (Å²) >= 11 is 0. The zero-order valence-electron chi connectivity index (χ0n) is 12.3. The first-order valence-corrected chi connectivity index (χ1v) is 7.11. The quantitative estimate of drug-likeness (QED) is 0.331. The van der Waals surface area contributed by atoms with Crippen molar-refractivity contribution >= 4 is 11.7 Å². The molecular weight excluding hydrogens is 270 g/mol. The van der Waals surface area contributed by atoms with E-state index in [0.717, 1.165) is 11.3 Å². The first-order valence-electron chi connectivity index (χ1n) is 7.11. The van der Waals surface area contributed by atoms with Crippen molar-refractivity contribution in [2.75, 3.05) is 0 Å². The third-order valence-corrected chi connectivity index (χ3v) is 4.11. The van der Waals surface area contributed by atoms with E-state index in [0.29, 0.717) is 19.3 Å². The van der Waals surface area contributed by atoms with Crippen molar-refractivity contribution in [1.29, 1.82) is 0 Å². The van der Waals surface area contributed by atoms with E-state index >= 15 is 0 Å². The van der Waals surface area contributed by atoms with Gasteiger partial charge in [0.1, 0.15) is 11.3 Å². The molecule has 0 spiro atoms. The molecule has 1 atom stereocenters. The van der Waals surface area contributed by atoms with Gasteiger partial charge in [0.05, 0.1) is 0 Å². The molecule has 1 unspecified atom stereocenters. The number of hydrogen-bond donors (Lipinski definition) is 3. The minimum Gasteiger partial charge on any atom is -0.480 e. The van der Waals surface area contributed by atoms with Gasteiger partial charge in [-0.05, 0) is 24.5 Å². The number of nitrogens with one attached hydrogen (secondary N) is 1. The molecule has 1 aliphatic heterocycles. The van der Waals surface area contributed by atoms with Gasteiger partial charge in [-0.25, -0.2) is 0 Å². The topological polar surface area (TPSA) is 96.9 Å². The monoisotopic (exact) mass is 291 g/mol. The van der Waals surface area contributed by atoms with E-state index < -0.39 is 11.6 Å². The van der Waals surface area contributed by atoms with Crippen molar-refractivity contribution in [3.63, 3.8) is 0 Å². The molecule has 0 bridgehead atoms. The molecule has 4 N–H and O–H groups in total. The summed E-state index contributed by atoms with van der Waals surface area (Å²) in [4.78, 5) is 12.4. The SMILES string of the molecule is CCC(CC)(NC(=O)C1Cc2ccccc2O1)/C(N)=N/O. The lowest BCUT2D eigenvalue weighted by Crippen LogP contribution is -2.59. The van der Waals surface area contributed by atoms with Gasteiger partial charge in [0.2, 0.25) is 0 Å². The number of rotatable bonds is 5. The van der Waals surface area contributed by atoms with Crippen LogP contribution in [0.3, 0.4) is 0 Å². The second kappa shape index (κ2) is 6.03. The summed E-state index contributed by atoms with van der Waals surface area (Å²) in [6, 6.07) is 7.58. The molecular formula is C15H21N3O3. The number of ether oxygens (including phenoxy) is 1. The van der Waals surface area contributed by atoms with Crippen molar-refractivity contribution in [2.45, 2.75) is 44.8 Å². The molecule has 6 nitrogen and oxygen atoms in total. The predicted molar refractivity (Wildman–Crippen MR) is 79.4 cm³/mol. The van der Waals surface area contributed by atoms with Gasteiger partial charge in [0, 0.05) is 6.42 Å². The standard InChI is InChI=1S/C15H21N3O3/c1-3-15(4-2,14(16)18-20)17-13(19)12-9-10-7-5-6-8-11(10)21-12/h5-8,12,20H,3-4,9H2,1-2H3,(H2,16,18)(H,17,19). The molecule has 0 saturated heterocycles. The molecule has 1 amide bonds. The summed E-state index contributed by atoms with van der Waals surface area (Å²) in [5.41, 5.74) is 5.92. The molecule has 1 heterocycles. The zero-order chi connectivity index (χ0) is 15.5. The lowest BCUT2D eigenvalue weighted by atomic mass is 9.91. The first kappa shape index (κ1) is 15.2. The lowest BCUT2D eigenvalue weighted by Gasteiger charge is -2.32. The number of fused-ring (bicyclic) bond motifs is 1. The molecule has 6 heteroatoms. The summed E-state index contributed by atoms with van der Waals surface area (Å²) < 4.78 is 5.66. The van der Waals surface area contributed by atoms with Crippen molar-refractivity contribution < 1.29 is 14.7 Å². The summed E-state index contributed by atoms with van der Waals surface area (Å²) in [5.74, 6) is 0.498. The highest BCUT2D eigenvalue weighted by molar-refractivity contribution is 5.95. The maximum Gasteiger partial charge on any atom is 0.262 e. The molecule has 1 aromatic rings. The van der Waals surface area contributed by atoms with Crippen molar-refractivity contribution in [3.8, 4) is 5.75 Å². The number of oxime groups is 1. The molecule has 0 aromatic heterocycles. The van der Waals surface area contributed by atoms with Crippen molar-refractivity contribution in [2.24, 2.45) is 10.9 Å². The largest absolute Gasteiger partial charge is 0.480 e. The van der Waals surface area contributed by atoms with Crippen molar-refractivity contribution in [3.05, 3.63) is 29.8 Å². The van der Waals surface area contributed by atoms with Crippen LogP contribution in [-0.2, 0) is 11.2 Å². The van der Waals surface area contributed by atoms with Gasteiger partial charge in [-0.2, -0.15) is 0 Å². The fourth-order valence-electron chi connectivity index (χ4n) is 2.59. The maximum absolute atomic E-state index is 12.4. The Labute approximate surface area is 124 Å². The number of amidine groups is 1. The summed E-state index contributed by atoms with van der Waals surface area (Å²) in [6.07, 6.45) is 1.02. The summed E-state index contributed by atoms with van der Waals surface area (Å²) in [6.45, 7) is 3.76. The third-order valence-electron chi connectivity index (χ3n) is 4.11. The van der Waals surface area contributed by atoms with Gasteiger partial charge in [-0.1, -0.05) is 37.2 Å². The zero-order valence-corrected chi connectivity index (χ0v) is 12.3. The van der Waals surface area contributed by atoms with Crippen LogP contribution in [0, 0.1) is 0 Å². The molecule has 2 rings (SSSR count). The average molecular weight is 291 g/mol. The average Bonchev–Trinajstić information content (AvgIpc) is 2.96. The summed E-state index contributed by atoms with van der Waals surface area (Å²) in [5, 5.41) is 14.9. The molecule has 0 aliphatic carbocycles. The van der Waals surface area contributed by atoms with Gasteiger partial charge >= 0.3 is 0 Å². The Hall–Kier alpha value is -2.24. The van der Waals surface area contributed by atoms with E-state index in [9.17, 15) is 4.79 Å². The number of hydrogen-bond acceptors (Lipinski definition) is 4. The number of carbonyl (C=O) groups excluding carboxylic acids is 1. The predicted octanol–water partition coefficient (Wildman–Crippen LogP) is 1.41. The van der Waals surface area contributed by atoms with Gasteiger partial charge in [0.25, 0.3) is 5.91 Å². The Morgan fingerprint density at radius 3 is 2.71 bits per heavy atom. The Morgan fingerprint density at radius 1 is 1.48 bits per heavy atom. The number of nitrogens with zero attached hydrogens (tertiary/aromatic N) is 1. The normalized spacial score (nSPS) is 18.0. The van der Waals surface area contributed by atoms with Crippen LogP contribution in [0.25, 0.3) is 0 Å². The van der Waals surface area contributed by atoms with Crippen LogP contribution in [0.2, 0.25) is 0 Å². The number of carbonyl (C=O) groups is 1. The van der Waals surface area contributed by atoms with E-state index in [-0.39, 0.29) is 11.7 Å². The Morgan fingerprint density at radius 2 is 2.14 bits per heavy atom. The van der Waals surface area contributed by atoms with Gasteiger partial charge in [-0.3, -0.25) is 4.79 Å². The van der Waals surface area contributed by atoms with Gasteiger partial charge in [0.15, 0.2) is 11.9 Å². The fraction of sp³-hybridized carbons (Fsp3) is 0.467. The number of nitrogens with two attached hydrogens (primary N) is 1. The van der Waals surface area contributed by atoms with Crippen LogP contribution < -0.4 is 15.8 Å². The second-order valence-corrected chi connectivity index (χ2v) is 5.18. The minimum absolute atomic E-state index is 0.0105. The van der Waals surface area contributed by atoms with Crippen LogP contribution in [0.5, 0.6) is 5.75 Å². The molecule has 1 aromatic carbocycles.